The summed E-state index contributed by atoms with van der Waals surface area (Å²) in [5.41, 5.74) is 0. The van der Waals surface area contributed by atoms with Crippen LogP contribution in [-0.4, -0.2) is 36.9 Å². The minimum atomic E-state index is -3.61. The molecule has 0 unspecified atom stereocenters. The molecule has 0 radical (unpaired) electrons. The summed E-state index contributed by atoms with van der Waals surface area (Å²) in [7, 11) is -3.61. The third-order valence-corrected chi connectivity index (χ3v) is 4.97. The maximum atomic E-state index is 12.1. The van der Waals surface area contributed by atoms with Crippen LogP contribution in [0, 0.1) is 0 Å². The number of aromatic carboxylic acids is 1. The Morgan fingerprint density at radius 2 is 1.89 bits per heavy atom. The number of carboxylic acids is 1. The standard InChI is InChI=1S/C11H18N2O4S2/c1-3-7-13(8-4-2)19(16,17)12-10-6-5-9(18-10)11(14)15/h5-6,12H,3-4,7-8H2,1-2H3,(H,14,15). The molecule has 0 atom stereocenters. The fraction of sp³-hybridized carbons (Fsp3) is 0.545. The molecule has 2 N–H and O–H groups in total. The third kappa shape index (κ3) is 4.48. The van der Waals surface area contributed by atoms with Gasteiger partial charge in [0.2, 0.25) is 0 Å². The first-order chi connectivity index (χ1) is 8.90. The SMILES string of the molecule is CCCN(CCC)S(=O)(=O)Nc1ccc(C(=O)O)s1. The number of anilines is 1. The summed E-state index contributed by atoms with van der Waals surface area (Å²) in [5, 5.41) is 9.11. The van der Waals surface area contributed by atoms with Gasteiger partial charge in [-0.3, -0.25) is 4.72 Å². The molecule has 19 heavy (non-hydrogen) atoms. The molecule has 0 aliphatic carbocycles. The molecule has 6 nitrogen and oxygen atoms in total. The van der Waals surface area contributed by atoms with E-state index in [0.29, 0.717) is 18.1 Å². The quantitative estimate of drug-likeness (QED) is 0.771. The van der Waals surface area contributed by atoms with E-state index in [1.807, 2.05) is 13.8 Å². The Bertz CT molecular complexity index is 519. The van der Waals surface area contributed by atoms with Crippen LogP contribution in [0.15, 0.2) is 12.1 Å². The van der Waals surface area contributed by atoms with Gasteiger partial charge < -0.3 is 5.11 Å². The monoisotopic (exact) mass is 306 g/mol. The molecule has 1 aromatic rings. The van der Waals surface area contributed by atoms with Gasteiger partial charge in [0.15, 0.2) is 0 Å². The van der Waals surface area contributed by atoms with Crippen LogP contribution < -0.4 is 4.72 Å². The summed E-state index contributed by atoms with van der Waals surface area (Å²) in [6, 6.07) is 2.84. The molecule has 0 saturated carbocycles. The van der Waals surface area contributed by atoms with Gasteiger partial charge in [0.25, 0.3) is 0 Å². The van der Waals surface area contributed by atoms with Gasteiger partial charge >= 0.3 is 16.2 Å². The molecule has 1 heterocycles. The van der Waals surface area contributed by atoms with E-state index >= 15 is 0 Å². The summed E-state index contributed by atoms with van der Waals surface area (Å²) in [6.07, 6.45) is 1.46. The van der Waals surface area contributed by atoms with Gasteiger partial charge in [0, 0.05) is 13.1 Å². The van der Waals surface area contributed by atoms with Crippen molar-refractivity contribution in [2.45, 2.75) is 26.7 Å². The van der Waals surface area contributed by atoms with E-state index in [1.54, 1.807) is 0 Å². The lowest BCUT2D eigenvalue weighted by molar-refractivity contribution is 0.0702. The van der Waals surface area contributed by atoms with Crippen molar-refractivity contribution in [1.29, 1.82) is 0 Å². The maximum Gasteiger partial charge on any atom is 0.345 e. The number of carboxylic acid groups (broad SMARTS) is 1. The van der Waals surface area contributed by atoms with Gasteiger partial charge in [-0.05, 0) is 25.0 Å². The lowest BCUT2D eigenvalue weighted by Crippen LogP contribution is -2.36. The van der Waals surface area contributed by atoms with Crippen molar-refractivity contribution in [1.82, 2.24) is 4.31 Å². The lowest BCUT2D eigenvalue weighted by Gasteiger charge is -2.21. The fourth-order valence-corrected chi connectivity index (χ4v) is 3.93. The molecule has 0 spiro atoms. The lowest BCUT2D eigenvalue weighted by atomic mass is 10.4. The number of thiophene rings is 1. The molecule has 0 aliphatic rings. The van der Waals surface area contributed by atoms with Gasteiger partial charge in [0.05, 0.1) is 0 Å². The zero-order chi connectivity index (χ0) is 14.5. The molecule has 0 aliphatic heterocycles. The number of rotatable bonds is 8. The Morgan fingerprint density at radius 3 is 2.32 bits per heavy atom. The van der Waals surface area contributed by atoms with E-state index in [9.17, 15) is 13.2 Å². The summed E-state index contributed by atoms with van der Waals surface area (Å²) < 4.78 is 28.1. The second kappa shape index (κ2) is 6.88. The van der Waals surface area contributed by atoms with Crippen molar-refractivity contribution in [3.8, 4) is 0 Å². The van der Waals surface area contributed by atoms with Gasteiger partial charge in [-0.2, -0.15) is 12.7 Å². The van der Waals surface area contributed by atoms with Gasteiger partial charge in [0.1, 0.15) is 9.88 Å². The zero-order valence-corrected chi connectivity index (χ0v) is 12.6. The highest BCUT2D eigenvalue weighted by molar-refractivity contribution is 7.90. The molecule has 8 heteroatoms. The van der Waals surface area contributed by atoms with E-state index in [0.717, 1.165) is 24.2 Å². The molecular weight excluding hydrogens is 288 g/mol. The van der Waals surface area contributed by atoms with Crippen molar-refractivity contribution in [3.63, 3.8) is 0 Å². The minimum absolute atomic E-state index is 0.107. The Balaban J connectivity index is 2.84. The predicted octanol–water partition coefficient (Wildman–Crippen LogP) is 2.23. The summed E-state index contributed by atoms with van der Waals surface area (Å²) in [5.74, 6) is -1.06. The summed E-state index contributed by atoms with van der Waals surface area (Å²) in [4.78, 5) is 10.8. The van der Waals surface area contributed by atoms with Gasteiger partial charge in [-0.25, -0.2) is 4.79 Å². The number of nitrogens with zero attached hydrogens (tertiary/aromatic N) is 1. The average Bonchev–Trinajstić information content (AvgIpc) is 2.76. The Labute approximate surface area is 117 Å². The molecule has 1 rings (SSSR count). The topological polar surface area (TPSA) is 86.7 Å². The first-order valence-corrected chi connectivity index (χ1v) is 8.27. The van der Waals surface area contributed by atoms with E-state index in [2.05, 4.69) is 4.72 Å². The first-order valence-electron chi connectivity index (χ1n) is 6.01. The van der Waals surface area contributed by atoms with Crippen molar-refractivity contribution < 1.29 is 18.3 Å². The largest absolute Gasteiger partial charge is 0.477 e. The number of nitrogens with one attached hydrogen (secondary N) is 1. The molecule has 0 aromatic carbocycles. The van der Waals surface area contributed by atoms with Crippen LogP contribution in [0.25, 0.3) is 0 Å². The molecule has 0 bridgehead atoms. The second-order valence-corrected chi connectivity index (χ2v) is 6.73. The Hall–Kier alpha value is -1.12. The van der Waals surface area contributed by atoms with Crippen LogP contribution in [0.3, 0.4) is 0 Å². The number of carbonyl (C=O) groups is 1. The highest BCUT2D eigenvalue weighted by atomic mass is 32.2. The van der Waals surface area contributed by atoms with Gasteiger partial charge in [-0.15, -0.1) is 11.3 Å². The zero-order valence-electron chi connectivity index (χ0n) is 10.9. The van der Waals surface area contributed by atoms with E-state index in [1.165, 1.54) is 16.4 Å². The first kappa shape index (κ1) is 15.9. The van der Waals surface area contributed by atoms with Crippen LogP contribution >= 0.6 is 11.3 Å². The molecule has 0 saturated heterocycles. The molecule has 0 amide bonds. The van der Waals surface area contributed by atoms with Crippen LogP contribution in [0.1, 0.15) is 36.4 Å². The normalized spacial score (nSPS) is 11.7. The van der Waals surface area contributed by atoms with E-state index in [4.69, 9.17) is 5.11 Å². The van der Waals surface area contributed by atoms with Crippen molar-refractivity contribution in [2.75, 3.05) is 17.8 Å². The Kier molecular flexibility index (Phi) is 5.77. The smallest absolute Gasteiger partial charge is 0.345 e. The van der Waals surface area contributed by atoms with Crippen LogP contribution in [-0.2, 0) is 10.2 Å². The molecule has 108 valence electrons. The number of hydrogen-bond acceptors (Lipinski definition) is 4. The van der Waals surface area contributed by atoms with Crippen molar-refractivity contribution in [2.24, 2.45) is 0 Å². The number of hydrogen-bond donors (Lipinski definition) is 2. The highest BCUT2D eigenvalue weighted by Gasteiger charge is 2.21. The van der Waals surface area contributed by atoms with Crippen LogP contribution in [0.2, 0.25) is 0 Å². The summed E-state index contributed by atoms with van der Waals surface area (Å²) in [6.45, 7) is 4.71. The van der Waals surface area contributed by atoms with Crippen molar-refractivity contribution in [3.05, 3.63) is 17.0 Å². The van der Waals surface area contributed by atoms with Crippen molar-refractivity contribution >= 4 is 32.5 Å². The minimum Gasteiger partial charge on any atom is -0.477 e. The fourth-order valence-electron chi connectivity index (χ4n) is 1.55. The molecule has 1 aromatic heterocycles. The second-order valence-electron chi connectivity index (χ2n) is 3.98. The average molecular weight is 306 g/mol. The van der Waals surface area contributed by atoms with Crippen LogP contribution in [0.4, 0.5) is 5.00 Å². The third-order valence-electron chi connectivity index (χ3n) is 2.33. The highest BCUT2D eigenvalue weighted by Crippen LogP contribution is 2.23. The van der Waals surface area contributed by atoms with Crippen LogP contribution in [0.5, 0.6) is 0 Å². The predicted molar refractivity (Wildman–Crippen MR) is 76.0 cm³/mol. The van der Waals surface area contributed by atoms with Gasteiger partial charge in [-0.1, -0.05) is 13.8 Å². The Morgan fingerprint density at radius 1 is 1.32 bits per heavy atom. The summed E-state index contributed by atoms with van der Waals surface area (Å²) >= 11 is 0.905. The van der Waals surface area contributed by atoms with E-state index < -0.39 is 16.2 Å². The molecule has 0 fully saturated rings. The van der Waals surface area contributed by atoms with E-state index in [-0.39, 0.29) is 4.88 Å². The molecular formula is C11H18N2O4S2. The maximum absolute atomic E-state index is 12.1.